The van der Waals surface area contributed by atoms with Gasteiger partial charge in [-0.3, -0.25) is 14.7 Å². The summed E-state index contributed by atoms with van der Waals surface area (Å²) in [6.07, 6.45) is 3.96. The van der Waals surface area contributed by atoms with Gasteiger partial charge in [0.2, 0.25) is 0 Å². The molecule has 5 nitrogen and oxygen atoms in total. The second kappa shape index (κ2) is 2.94. The molecule has 0 aromatic carbocycles. The van der Waals surface area contributed by atoms with Crippen molar-refractivity contribution in [3.8, 4) is 0 Å². The third-order valence-corrected chi connectivity index (χ3v) is 1.72. The van der Waals surface area contributed by atoms with Gasteiger partial charge in [-0.05, 0) is 6.42 Å². The molecule has 12 heavy (non-hydrogen) atoms. The highest BCUT2D eigenvalue weighted by atomic mass is 16.7. The largest absolute Gasteiger partial charge is 0.285 e. The summed E-state index contributed by atoms with van der Waals surface area (Å²) in [7, 11) is 0. The molecule has 2 heterocycles. The number of hydrogen-bond donors (Lipinski definition) is 1. The summed E-state index contributed by atoms with van der Waals surface area (Å²) < 4.78 is 0. The van der Waals surface area contributed by atoms with Crippen LogP contribution in [0.25, 0.3) is 0 Å². The molecule has 1 aromatic rings. The van der Waals surface area contributed by atoms with E-state index in [0.717, 1.165) is 6.42 Å². The summed E-state index contributed by atoms with van der Waals surface area (Å²) in [4.78, 5) is 16.5. The Balaban J connectivity index is 2.09. The second-order valence-corrected chi connectivity index (χ2v) is 2.58. The van der Waals surface area contributed by atoms with Crippen LogP contribution in [0.15, 0.2) is 12.4 Å². The SMILES string of the molecule is O=C(c1cn[nH]c1)N1CCCO1. The van der Waals surface area contributed by atoms with E-state index in [0.29, 0.717) is 18.7 Å². The zero-order chi connectivity index (χ0) is 8.39. The minimum absolute atomic E-state index is 0.124. The normalized spacial score (nSPS) is 16.8. The Hall–Kier alpha value is -1.36. The lowest BCUT2D eigenvalue weighted by Crippen LogP contribution is -2.25. The molecule has 1 N–H and O–H groups in total. The summed E-state index contributed by atoms with van der Waals surface area (Å²) in [5.74, 6) is -0.124. The van der Waals surface area contributed by atoms with E-state index in [1.807, 2.05) is 0 Å². The monoisotopic (exact) mass is 167 g/mol. The van der Waals surface area contributed by atoms with Crippen molar-refractivity contribution < 1.29 is 9.63 Å². The van der Waals surface area contributed by atoms with Crippen molar-refractivity contribution in [3.05, 3.63) is 18.0 Å². The maximum atomic E-state index is 11.4. The molecule has 1 amide bonds. The summed E-state index contributed by atoms with van der Waals surface area (Å²) in [5.41, 5.74) is 0.539. The van der Waals surface area contributed by atoms with Gasteiger partial charge in [0.1, 0.15) is 0 Å². The molecular weight excluding hydrogens is 158 g/mol. The van der Waals surface area contributed by atoms with Crippen LogP contribution in [0.1, 0.15) is 16.8 Å². The highest BCUT2D eigenvalue weighted by Crippen LogP contribution is 2.09. The summed E-state index contributed by atoms with van der Waals surface area (Å²) in [6.45, 7) is 1.30. The molecule has 1 aromatic heterocycles. The van der Waals surface area contributed by atoms with Crippen molar-refractivity contribution in [1.29, 1.82) is 0 Å². The minimum Gasteiger partial charge on any atom is -0.285 e. The molecule has 64 valence electrons. The highest BCUT2D eigenvalue weighted by molar-refractivity contribution is 5.93. The third kappa shape index (κ3) is 1.18. The number of H-pyrrole nitrogens is 1. The summed E-state index contributed by atoms with van der Waals surface area (Å²) in [5, 5.41) is 7.63. The molecule has 0 radical (unpaired) electrons. The van der Waals surface area contributed by atoms with Gasteiger partial charge in [0.05, 0.1) is 24.9 Å². The van der Waals surface area contributed by atoms with Gasteiger partial charge in [0.25, 0.3) is 5.91 Å². The van der Waals surface area contributed by atoms with E-state index in [-0.39, 0.29) is 5.91 Å². The average molecular weight is 167 g/mol. The lowest BCUT2D eigenvalue weighted by atomic mass is 10.3. The van der Waals surface area contributed by atoms with Crippen LogP contribution in [0.2, 0.25) is 0 Å². The van der Waals surface area contributed by atoms with Gasteiger partial charge in [-0.15, -0.1) is 0 Å². The molecule has 1 saturated heterocycles. The molecule has 2 rings (SSSR count). The van der Waals surface area contributed by atoms with Crippen LogP contribution in [-0.4, -0.2) is 34.3 Å². The van der Waals surface area contributed by atoms with Crippen LogP contribution in [0.5, 0.6) is 0 Å². The first kappa shape index (κ1) is 7.30. The Morgan fingerprint density at radius 2 is 2.67 bits per heavy atom. The van der Waals surface area contributed by atoms with Gasteiger partial charge in [-0.1, -0.05) is 0 Å². The van der Waals surface area contributed by atoms with E-state index >= 15 is 0 Å². The number of nitrogens with zero attached hydrogens (tertiary/aromatic N) is 2. The van der Waals surface area contributed by atoms with E-state index in [4.69, 9.17) is 4.84 Å². The van der Waals surface area contributed by atoms with Gasteiger partial charge >= 0.3 is 0 Å². The smallest absolute Gasteiger partial charge is 0.280 e. The fourth-order valence-electron chi connectivity index (χ4n) is 1.12. The van der Waals surface area contributed by atoms with E-state index in [9.17, 15) is 4.79 Å². The molecule has 0 saturated carbocycles. The van der Waals surface area contributed by atoms with E-state index in [1.54, 1.807) is 6.20 Å². The quantitative estimate of drug-likeness (QED) is 0.649. The molecular formula is C7H9N3O2. The van der Waals surface area contributed by atoms with Crippen molar-refractivity contribution in [1.82, 2.24) is 15.3 Å². The van der Waals surface area contributed by atoms with Crippen molar-refractivity contribution in [2.75, 3.05) is 13.2 Å². The number of nitrogens with one attached hydrogen (secondary N) is 1. The molecule has 0 aliphatic carbocycles. The van der Waals surface area contributed by atoms with E-state index in [1.165, 1.54) is 11.3 Å². The molecule has 1 fully saturated rings. The molecule has 0 spiro atoms. The number of amides is 1. The highest BCUT2D eigenvalue weighted by Gasteiger charge is 2.21. The maximum Gasteiger partial charge on any atom is 0.280 e. The number of carbonyl (C=O) groups is 1. The third-order valence-electron chi connectivity index (χ3n) is 1.72. The number of rotatable bonds is 1. The van der Waals surface area contributed by atoms with Crippen LogP contribution in [0.4, 0.5) is 0 Å². The second-order valence-electron chi connectivity index (χ2n) is 2.58. The first-order valence-electron chi connectivity index (χ1n) is 3.81. The predicted molar refractivity (Wildman–Crippen MR) is 40.2 cm³/mol. The Morgan fingerprint density at radius 3 is 3.25 bits per heavy atom. The van der Waals surface area contributed by atoms with Gasteiger partial charge in [-0.2, -0.15) is 5.10 Å². The van der Waals surface area contributed by atoms with Crippen LogP contribution >= 0.6 is 0 Å². The summed E-state index contributed by atoms with van der Waals surface area (Å²) >= 11 is 0. The van der Waals surface area contributed by atoms with Crippen molar-refractivity contribution >= 4 is 5.91 Å². The average Bonchev–Trinajstić information content (AvgIpc) is 2.77. The van der Waals surface area contributed by atoms with Crippen molar-refractivity contribution in [2.45, 2.75) is 6.42 Å². The standard InChI is InChI=1S/C7H9N3O2/c11-7(6-4-8-9-5-6)10-2-1-3-12-10/h4-5H,1-3H2,(H,8,9). The lowest BCUT2D eigenvalue weighted by Gasteiger charge is -2.11. The first-order valence-corrected chi connectivity index (χ1v) is 3.81. The molecule has 0 atom stereocenters. The van der Waals surface area contributed by atoms with E-state index < -0.39 is 0 Å². The fourth-order valence-corrected chi connectivity index (χ4v) is 1.12. The number of hydroxylamine groups is 2. The zero-order valence-corrected chi connectivity index (χ0v) is 6.49. The zero-order valence-electron chi connectivity index (χ0n) is 6.49. The van der Waals surface area contributed by atoms with Gasteiger partial charge in [-0.25, -0.2) is 5.06 Å². The Labute approximate surface area is 69.3 Å². The van der Waals surface area contributed by atoms with Crippen molar-refractivity contribution in [2.24, 2.45) is 0 Å². The first-order chi connectivity index (χ1) is 5.88. The van der Waals surface area contributed by atoms with Gasteiger partial charge in [0.15, 0.2) is 0 Å². The van der Waals surface area contributed by atoms with Crippen LogP contribution in [0.3, 0.4) is 0 Å². The van der Waals surface area contributed by atoms with Crippen LogP contribution in [0, 0.1) is 0 Å². The Bertz CT molecular complexity index is 264. The summed E-state index contributed by atoms with van der Waals surface area (Å²) in [6, 6.07) is 0. The topological polar surface area (TPSA) is 58.2 Å². The van der Waals surface area contributed by atoms with Crippen LogP contribution < -0.4 is 0 Å². The molecule has 5 heteroatoms. The predicted octanol–water partition coefficient (Wildman–Crippen LogP) is 0.187. The van der Waals surface area contributed by atoms with Gasteiger partial charge < -0.3 is 0 Å². The Morgan fingerprint density at radius 1 is 1.75 bits per heavy atom. The maximum absolute atomic E-state index is 11.4. The lowest BCUT2D eigenvalue weighted by molar-refractivity contribution is -0.0768. The van der Waals surface area contributed by atoms with Crippen LogP contribution in [-0.2, 0) is 4.84 Å². The number of aromatic nitrogens is 2. The Kier molecular flexibility index (Phi) is 1.79. The number of hydrogen-bond acceptors (Lipinski definition) is 3. The van der Waals surface area contributed by atoms with Gasteiger partial charge in [0, 0.05) is 6.20 Å². The molecule has 0 bridgehead atoms. The molecule has 1 aliphatic heterocycles. The molecule has 1 aliphatic rings. The fraction of sp³-hybridized carbons (Fsp3) is 0.429. The number of aromatic amines is 1. The van der Waals surface area contributed by atoms with Crippen molar-refractivity contribution in [3.63, 3.8) is 0 Å². The van der Waals surface area contributed by atoms with E-state index in [2.05, 4.69) is 10.2 Å². The molecule has 0 unspecified atom stereocenters. The number of carbonyl (C=O) groups excluding carboxylic acids is 1. The minimum atomic E-state index is -0.124.